The third-order valence-electron chi connectivity index (χ3n) is 28.4. The SMILES string of the molecule is BrCCCBr.COc1ccc(C2CN(CCCN3CCc4c(cc(OC)c(OC)c4Cl)C(c4ccc(OC)cc4)C3)CCc3c2cc(OC)c(OC)c3Cl)cc1.COc1ccc(C2CNCCc3c2cc(OC)c(OC)c3Cl)cc1.Oc1ccc(C2CN(CCCN3CCc4c(cc(O)c(O)c4Cl)C(c4ccc(O)cc4)C3)CCc3c2cc(O)c(O)c3Cl)cc1.Oc1ccc(C2CNCCc3c2cc(O)c(O)c3Cl)cc1. The van der Waals surface area contributed by atoms with Crippen molar-refractivity contribution in [3.05, 3.63) is 312 Å². The summed E-state index contributed by atoms with van der Waals surface area (Å²) < 4.78 is 50.1. The number of rotatable bonds is 25. The zero-order valence-corrected chi connectivity index (χ0v) is 91.1. The molecule has 0 spiro atoms. The van der Waals surface area contributed by atoms with Crippen molar-refractivity contribution in [2.45, 2.75) is 93.3 Å². The van der Waals surface area contributed by atoms with E-state index >= 15 is 0 Å². The average molecular weight is 2240 g/mol. The van der Waals surface area contributed by atoms with E-state index in [4.69, 9.17) is 112 Å². The fourth-order valence-corrected chi connectivity index (χ4v) is 24.1. The summed E-state index contributed by atoms with van der Waals surface area (Å²) in [5.41, 5.74) is 18.7. The van der Waals surface area contributed by atoms with Crippen LogP contribution in [0, 0.1) is 0 Å². The van der Waals surface area contributed by atoms with Crippen LogP contribution in [0.25, 0.3) is 0 Å². The van der Waals surface area contributed by atoms with Gasteiger partial charge in [-0.1, -0.05) is 174 Å². The first-order valence-corrected chi connectivity index (χ1v) is 53.3. The summed E-state index contributed by atoms with van der Waals surface area (Å²) in [5, 5.41) is 102. The molecular formula is C114H128Br2Cl6N6O18. The largest absolute Gasteiger partial charge is 0.508 e. The van der Waals surface area contributed by atoms with Crippen LogP contribution >= 0.6 is 101 Å². The summed E-state index contributed by atoms with van der Waals surface area (Å²) in [4.78, 5) is 9.90. The lowest BCUT2D eigenvalue weighted by molar-refractivity contribution is 0.228. The number of hydrogen-bond acceptors (Lipinski definition) is 24. The van der Waals surface area contributed by atoms with Gasteiger partial charge in [-0.05, 0) is 306 Å². The van der Waals surface area contributed by atoms with E-state index in [0.29, 0.717) is 88.5 Å². The van der Waals surface area contributed by atoms with Crippen LogP contribution < -0.4 is 53.3 Å². The van der Waals surface area contributed by atoms with Gasteiger partial charge >= 0.3 is 0 Å². The predicted molar refractivity (Wildman–Crippen MR) is 588 cm³/mol. The van der Waals surface area contributed by atoms with E-state index in [-0.39, 0.29) is 102 Å². The second-order valence-electron chi connectivity index (χ2n) is 36.8. The number of phenolic OH excluding ortho intramolecular Hbond substituents is 9. The molecule has 6 aliphatic heterocycles. The van der Waals surface area contributed by atoms with Crippen LogP contribution in [0.15, 0.2) is 182 Å². The molecule has 0 saturated carbocycles. The number of nitrogens with zero attached hydrogens (tertiary/aromatic N) is 4. The molecule has 18 rings (SSSR count). The standard InChI is InChI=1S/C41H48Cl2N2O6.C35H36Cl2N2O6.C19H22ClNO3.C16H16ClNO3.C3H6Br2/c1-46-28-12-8-26(9-13-28)34-24-44(20-16-30-32(34)22-36(48-3)40(50-5)38(30)42)18-7-19-45-21-17-31-33(23-37(49-4)41(51-6)39(31)43)35(25-45)27-10-14-29(47-2)15-11-27;36-32-24-10-14-38(18-28(20-2-6-22(40)7-3-20)26(24)16-30(42)34(32)44)12-1-13-39-15-11-25-27(17-31(43)35(45)33(25)37)29(19-39)21-4-8-23(41)9-5-21;1-22-13-6-4-12(5-7-13)16-11-21-9-8-14-15(16)10-17(23-2)19(24-3)18(14)20;17-15-11-5-6-18-8-13(9-1-3-10(19)4-2-9)12(11)7-14(20)16(15)21;4-2-1-3-5/h8-15,22-23,34-35H,7,16-21,24-25H2,1-6H3;2-9,16-17,28-29,40-45H,1,10-15,18-19H2;4-7,10,16,21H,8-9,11H2,1-3H3;1-4,7,13,18-21H,5-6,8H2;1-3H2. The smallest absolute Gasteiger partial charge is 0.179 e. The second kappa shape index (κ2) is 52.6. The highest BCUT2D eigenvalue weighted by Gasteiger charge is 2.37. The van der Waals surface area contributed by atoms with Crippen molar-refractivity contribution >= 4 is 101 Å². The van der Waals surface area contributed by atoms with Crippen LogP contribution in [0.1, 0.15) is 155 Å². The Labute approximate surface area is 901 Å². The minimum absolute atomic E-state index is 0.00657. The van der Waals surface area contributed by atoms with Crippen LogP contribution in [0.4, 0.5) is 0 Å². The maximum absolute atomic E-state index is 10.4. The number of methoxy groups -OCH3 is 9. The van der Waals surface area contributed by atoms with Crippen molar-refractivity contribution in [3.8, 4) is 103 Å². The average Bonchev–Trinajstić information content (AvgIpc) is 1.44. The highest BCUT2D eigenvalue weighted by molar-refractivity contribution is 9.09. The van der Waals surface area contributed by atoms with Gasteiger partial charge in [-0.25, -0.2) is 0 Å². The highest BCUT2D eigenvalue weighted by Crippen LogP contribution is 2.53. The normalized spacial score (nSPS) is 17.7. The fourth-order valence-electron chi connectivity index (χ4n) is 20.7. The van der Waals surface area contributed by atoms with Gasteiger partial charge in [0.2, 0.25) is 0 Å². The van der Waals surface area contributed by atoms with E-state index in [2.05, 4.69) is 117 Å². The molecular weight excluding hydrogens is 2110 g/mol. The van der Waals surface area contributed by atoms with Gasteiger partial charge < -0.3 is 119 Å². The molecule has 0 aromatic heterocycles. The van der Waals surface area contributed by atoms with Gasteiger partial charge in [0.25, 0.3) is 0 Å². The van der Waals surface area contributed by atoms with E-state index in [1.54, 1.807) is 119 Å². The summed E-state index contributed by atoms with van der Waals surface area (Å²) >= 11 is 46.6. The van der Waals surface area contributed by atoms with E-state index in [9.17, 15) is 46.0 Å². The van der Waals surface area contributed by atoms with Crippen LogP contribution in [-0.2, 0) is 38.5 Å². The highest BCUT2D eigenvalue weighted by atomic mass is 79.9. The summed E-state index contributed by atoms with van der Waals surface area (Å²) in [6.07, 6.45) is 7.53. The number of ether oxygens (including phenoxy) is 9. The molecule has 0 saturated heterocycles. The van der Waals surface area contributed by atoms with Gasteiger partial charge in [-0.2, -0.15) is 0 Å². The number of fused-ring (bicyclic) bond motifs is 6. The molecule has 0 radical (unpaired) electrons. The molecule has 6 heterocycles. The lowest BCUT2D eigenvalue weighted by Crippen LogP contribution is -2.34. The van der Waals surface area contributed by atoms with Gasteiger partial charge in [0.05, 0.1) is 94.1 Å². The number of benzene rings is 12. The van der Waals surface area contributed by atoms with Crippen molar-refractivity contribution < 1.29 is 88.6 Å². The molecule has 12 aromatic rings. The lowest BCUT2D eigenvalue weighted by atomic mass is 9.87. The van der Waals surface area contributed by atoms with Crippen LogP contribution in [0.2, 0.25) is 30.1 Å². The van der Waals surface area contributed by atoms with Gasteiger partial charge in [0.15, 0.2) is 69.0 Å². The first-order valence-electron chi connectivity index (χ1n) is 48.8. The molecule has 0 amide bonds. The van der Waals surface area contributed by atoms with E-state index in [1.165, 1.54) is 39.8 Å². The molecule has 0 aliphatic carbocycles. The second-order valence-corrected chi connectivity index (χ2v) is 40.7. The van der Waals surface area contributed by atoms with Crippen molar-refractivity contribution in [1.82, 2.24) is 30.2 Å². The van der Waals surface area contributed by atoms with Crippen molar-refractivity contribution in [3.63, 3.8) is 0 Å². The van der Waals surface area contributed by atoms with Crippen LogP contribution in [-0.4, -0.2) is 245 Å². The molecule has 6 atom stereocenters. The summed E-state index contributed by atoms with van der Waals surface area (Å²) in [6.45, 7) is 13.0. The number of phenols is 9. The van der Waals surface area contributed by atoms with Crippen molar-refractivity contribution in [1.29, 1.82) is 0 Å². The predicted octanol–water partition coefficient (Wildman–Crippen LogP) is 23.0. The molecule has 778 valence electrons. The van der Waals surface area contributed by atoms with Crippen LogP contribution in [0.5, 0.6) is 103 Å². The minimum Gasteiger partial charge on any atom is -0.508 e. The topological polar surface area (TPSA) is 302 Å². The molecule has 6 unspecified atom stereocenters. The molecule has 24 nitrogen and oxygen atoms in total. The van der Waals surface area contributed by atoms with E-state index in [1.807, 2.05) is 72.8 Å². The first kappa shape index (κ1) is 111. The maximum Gasteiger partial charge on any atom is 0.179 e. The maximum atomic E-state index is 10.4. The molecule has 11 N–H and O–H groups in total. The monoisotopic (exact) mass is 2240 g/mol. The van der Waals surface area contributed by atoms with Gasteiger partial charge in [0.1, 0.15) is 34.5 Å². The summed E-state index contributed by atoms with van der Waals surface area (Å²) in [7, 11) is 14.9. The van der Waals surface area contributed by atoms with Gasteiger partial charge in [0, 0.05) is 112 Å². The third kappa shape index (κ3) is 26.1. The van der Waals surface area contributed by atoms with Gasteiger partial charge in [-0.3, -0.25) is 0 Å². The molecule has 0 fully saturated rings. The number of aromatic hydroxyl groups is 9. The van der Waals surface area contributed by atoms with E-state index in [0.717, 1.165) is 212 Å². The molecule has 146 heavy (non-hydrogen) atoms. The third-order valence-corrected chi connectivity index (χ3v) is 32.0. The van der Waals surface area contributed by atoms with E-state index < -0.39 is 0 Å². The fraction of sp³-hybridized carbons (Fsp3) is 0.368. The quantitative estimate of drug-likeness (QED) is 0.0187. The van der Waals surface area contributed by atoms with Crippen molar-refractivity contribution in [2.75, 3.05) is 179 Å². The Bertz CT molecular complexity index is 6150. The minimum atomic E-state index is -0.305. The summed E-state index contributed by atoms with van der Waals surface area (Å²) in [5.74, 6) is 5.42. The zero-order valence-electron chi connectivity index (χ0n) is 83.4. The first-order chi connectivity index (χ1) is 70.6. The molecule has 6 aliphatic rings. The molecule has 12 aromatic carbocycles. The molecule has 0 bridgehead atoms. The summed E-state index contributed by atoms with van der Waals surface area (Å²) in [6, 6.07) is 57.1. The Balaban J connectivity index is 0.000000160. The Morgan fingerprint density at radius 1 is 0.274 bits per heavy atom. The van der Waals surface area contributed by atoms with Gasteiger partial charge in [-0.15, -0.1) is 0 Å². The Kier molecular flexibility index (Phi) is 40.0. The Hall–Kier alpha value is -10.5. The number of nitrogens with one attached hydrogen (secondary N) is 2. The van der Waals surface area contributed by atoms with Crippen LogP contribution in [0.3, 0.4) is 0 Å². The zero-order chi connectivity index (χ0) is 104. The Morgan fingerprint density at radius 3 is 0.747 bits per heavy atom. The lowest BCUT2D eigenvalue weighted by Gasteiger charge is -2.28. The van der Waals surface area contributed by atoms with Crippen molar-refractivity contribution in [2.24, 2.45) is 0 Å². The number of alkyl halides is 2. The Morgan fingerprint density at radius 2 is 0.500 bits per heavy atom. The number of halogens is 8. The molecule has 32 heteroatoms. The number of hydrogen-bond donors (Lipinski definition) is 11.